The summed E-state index contributed by atoms with van der Waals surface area (Å²) in [5, 5.41) is 2.77. The Morgan fingerprint density at radius 2 is 2.27 bits per heavy atom. The Labute approximate surface area is 127 Å². The molecular weight excluding hydrogens is 284 g/mol. The molecule has 1 amide bonds. The molecular formula is C15H16N4O3. The van der Waals surface area contributed by atoms with Crippen molar-refractivity contribution in [1.82, 2.24) is 15.3 Å². The highest BCUT2D eigenvalue weighted by Crippen LogP contribution is 2.16. The summed E-state index contributed by atoms with van der Waals surface area (Å²) in [5.41, 5.74) is 0. The van der Waals surface area contributed by atoms with Crippen LogP contribution in [0.2, 0.25) is 0 Å². The molecule has 0 aliphatic carbocycles. The molecule has 0 spiro atoms. The Balaban J connectivity index is 1.61. The summed E-state index contributed by atoms with van der Waals surface area (Å²) in [5.74, 6) is -0.458. The Kier molecular flexibility index (Phi) is 4.13. The molecule has 1 aliphatic rings. The van der Waals surface area contributed by atoms with Gasteiger partial charge in [-0.25, -0.2) is 4.98 Å². The van der Waals surface area contributed by atoms with Gasteiger partial charge in [0, 0.05) is 31.5 Å². The van der Waals surface area contributed by atoms with Gasteiger partial charge in [-0.3, -0.25) is 14.6 Å². The first-order valence-corrected chi connectivity index (χ1v) is 7.13. The predicted molar refractivity (Wildman–Crippen MR) is 78.4 cm³/mol. The number of furan rings is 1. The van der Waals surface area contributed by atoms with E-state index in [4.69, 9.17) is 4.42 Å². The van der Waals surface area contributed by atoms with Gasteiger partial charge in [-0.1, -0.05) is 0 Å². The molecule has 3 rings (SSSR count). The van der Waals surface area contributed by atoms with Crippen molar-refractivity contribution >= 4 is 17.5 Å². The lowest BCUT2D eigenvalue weighted by molar-refractivity contribution is -0.117. The summed E-state index contributed by atoms with van der Waals surface area (Å²) in [6.07, 6.45) is 8.06. The van der Waals surface area contributed by atoms with Crippen LogP contribution in [0.1, 0.15) is 23.4 Å². The van der Waals surface area contributed by atoms with Crippen molar-refractivity contribution in [2.45, 2.75) is 18.9 Å². The first-order chi connectivity index (χ1) is 10.7. The molecule has 3 heterocycles. The molecule has 1 saturated heterocycles. The number of anilines is 1. The number of amides is 1. The van der Waals surface area contributed by atoms with E-state index in [0.717, 1.165) is 25.2 Å². The van der Waals surface area contributed by atoms with Crippen molar-refractivity contribution in [3.63, 3.8) is 0 Å². The molecule has 1 unspecified atom stereocenters. The molecule has 114 valence electrons. The normalized spacial score (nSPS) is 18.0. The largest absolute Gasteiger partial charge is 0.461 e. The molecule has 1 N–H and O–H groups in total. The summed E-state index contributed by atoms with van der Waals surface area (Å²) in [7, 11) is 0. The lowest BCUT2D eigenvalue weighted by Gasteiger charge is -2.33. The van der Waals surface area contributed by atoms with Crippen molar-refractivity contribution in [3.8, 4) is 0 Å². The Morgan fingerprint density at radius 1 is 1.36 bits per heavy atom. The van der Waals surface area contributed by atoms with Gasteiger partial charge in [0.15, 0.2) is 5.76 Å². The minimum Gasteiger partial charge on any atom is -0.461 e. The third-order valence-electron chi connectivity index (χ3n) is 3.58. The zero-order valence-electron chi connectivity index (χ0n) is 11.9. The zero-order chi connectivity index (χ0) is 15.4. The van der Waals surface area contributed by atoms with Crippen LogP contribution in [-0.2, 0) is 4.79 Å². The quantitative estimate of drug-likeness (QED) is 0.670. The number of hydrogen-bond acceptors (Lipinski definition) is 6. The number of Topliss-reactive ketones (excluding diaryl/α,β-unsaturated/α-hetero) is 1. The monoisotopic (exact) mass is 300 g/mol. The molecule has 1 fully saturated rings. The fourth-order valence-electron chi connectivity index (χ4n) is 2.53. The Bertz CT molecular complexity index is 642. The molecule has 2 aromatic rings. The standard InChI is InChI=1S/C15H16N4O3/c20-14(12-4-2-8-22-12)15(21)18-11-3-1-7-19(10-11)13-9-16-5-6-17-13/h2,4-6,8-9,11H,1,3,7,10H2,(H,18,21). The van der Waals surface area contributed by atoms with Gasteiger partial charge < -0.3 is 14.6 Å². The molecule has 1 aliphatic heterocycles. The zero-order valence-corrected chi connectivity index (χ0v) is 11.9. The molecule has 2 aromatic heterocycles. The summed E-state index contributed by atoms with van der Waals surface area (Å²) in [6.45, 7) is 1.47. The predicted octanol–water partition coefficient (Wildman–Crippen LogP) is 1.04. The first-order valence-electron chi connectivity index (χ1n) is 7.13. The third-order valence-corrected chi connectivity index (χ3v) is 3.58. The second-order valence-electron chi connectivity index (χ2n) is 5.13. The summed E-state index contributed by atoms with van der Waals surface area (Å²) in [4.78, 5) is 34.2. The van der Waals surface area contributed by atoms with Crippen LogP contribution in [0.25, 0.3) is 0 Å². The molecule has 0 radical (unpaired) electrons. The number of aromatic nitrogens is 2. The second kappa shape index (κ2) is 6.38. The van der Waals surface area contributed by atoms with Crippen LogP contribution in [0.15, 0.2) is 41.4 Å². The maximum absolute atomic E-state index is 12.0. The van der Waals surface area contributed by atoms with Gasteiger partial charge >= 0.3 is 0 Å². The van der Waals surface area contributed by atoms with Crippen LogP contribution in [0.4, 0.5) is 5.82 Å². The molecule has 0 bridgehead atoms. The van der Waals surface area contributed by atoms with E-state index in [9.17, 15) is 9.59 Å². The Hall–Kier alpha value is -2.70. The smallest absolute Gasteiger partial charge is 0.296 e. The average molecular weight is 300 g/mol. The van der Waals surface area contributed by atoms with E-state index in [-0.39, 0.29) is 11.8 Å². The molecule has 0 saturated carbocycles. The van der Waals surface area contributed by atoms with E-state index in [1.54, 1.807) is 24.7 Å². The highest BCUT2D eigenvalue weighted by Gasteiger charge is 2.26. The molecule has 1 atom stereocenters. The molecule has 22 heavy (non-hydrogen) atoms. The second-order valence-corrected chi connectivity index (χ2v) is 5.13. The van der Waals surface area contributed by atoms with Crippen LogP contribution in [0.3, 0.4) is 0 Å². The highest BCUT2D eigenvalue weighted by atomic mass is 16.3. The average Bonchev–Trinajstić information content (AvgIpc) is 3.09. The van der Waals surface area contributed by atoms with Gasteiger partial charge in [0.1, 0.15) is 5.82 Å². The van der Waals surface area contributed by atoms with E-state index in [2.05, 4.69) is 20.2 Å². The SMILES string of the molecule is O=C(NC1CCCN(c2cnccn2)C1)C(=O)c1ccco1. The number of hydrogen-bond donors (Lipinski definition) is 1. The topological polar surface area (TPSA) is 88.3 Å². The van der Waals surface area contributed by atoms with Crippen molar-refractivity contribution in [2.24, 2.45) is 0 Å². The number of carbonyl (C=O) groups excluding carboxylic acids is 2. The van der Waals surface area contributed by atoms with Gasteiger partial charge in [-0.15, -0.1) is 0 Å². The van der Waals surface area contributed by atoms with Crippen molar-refractivity contribution in [3.05, 3.63) is 42.7 Å². The van der Waals surface area contributed by atoms with E-state index in [1.165, 1.54) is 12.3 Å². The van der Waals surface area contributed by atoms with Gasteiger partial charge in [0.2, 0.25) is 0 Å². The number of piperidine rings is 1. The van der Waals surface area contributed by atoms with Gasteiger partial charge in [0.05, 0.1) is 12.5 Å². The minimum absolute atomic E-state index is 0.0547. The number of ketones is 1. The van der Waals surface area contributed by atoms with E-state index >= 15 is 0 Å². The molecule has 7 nitrogen and oxygen atoms in total. The van der Waals surface area contributed by atoms with Gasteiger partial charge in [0.25, 0.3) is 11.7 Å². The van der Waals surface area contributed by atoms with Crippen LogP contribution >= 0.6 is 0 Å². The van der Waals surface area contributed by atoms with Crippen LogP contribution in [-0.4, -0.2) is 40.8 Å². The molecule has 7 heteroatoms. The van der Waals surface area contributed by atoms with Crippen LogP contribution in [0, 0.1) is 0 Å². The fraction of sp³-hybridized carbons (Fsp3) is 0.333. The number of nitrogens with one attached hydrogen (secondary N) is 1. The first kappa shape index (κ1) is 14.2. The van der Waals surface area contributed by atoms with Crippen molar-refractivity contribution in [1.29, 1.82) is 0 Å². The Morgan fingerprint density at radius 3 is 3.00 bits per heavy atom. The van der Waals surface area contributed by atoms with Crippen LogP contribution in [0.5, 0.6) is 0 Å². The summed E-state index contributed by atoms with van der Waals surface area (Å²) >= 11 is 0. The van der Waals surface area contributed by atoms with E-state index < -0.39 is 11.7 Å². The van der Waals surface area contributed by atoms with Gasteiger partial charge in [-0.05, 0) is 25.0 Å². The maximum Gasteiger partial charge on any atom is 0.296 e. The van der Waals surface area contributed by atoms with Crippen molar-refractivity contribution in [2.75, 3.05) is 18.0 Å². The van der Waals surface area contributed by atoms with E-state index in [0.29, 0.717) is 6.54 Å². The molecule has 0 aromatic carbocycles. The lowest BCUT2D eigenvalue weighted by Crippen LogP contribution is -2.49. The van der Waals surface area contributed by atoms with Crippen LogP contribution < -0.4 is 10.2 Å². The summed E-state index contributed by atoms with van der Waals surface area (Å²) in [6, 6.07) is 2.97. The summed E-state index contributed by atoms with van der Waals surface area (Å²) < 4.78 is 4.96. The minimum atomic E-state index is -0.651. The third kappa shape index (κ3) is 3.13. The van der Waals surface area contributed by atoms with Gasteiger partial charge in [-0.2, -0.15) is 0 Å². The van der Waals surface area contributed by atoms with Crippen molar-refractivity contribution < 1.29 is 14.0 Å². The maximum atomic E-state index is 12.0. The number of nitrogens with zero attached hydrogens (tertiary/aromatic N) is 3. The number of carbonyl (C=O) groups is 2. The van der Waals surface area contributed by atoms with E-state index in [1.807, 2.05) is 0 Å². The fourth-order valence-corrected chi connectivity index (χ4v) is 2.53. The highest BCUT2D eigenvalue weighted by molar-refractivity contribution is 6.42. The lowest BCUT2D eigenvalue weighted by atomic mass is 10.1. The number of rotatable bonds is 4.